The van der Waals surface area contributed by atoms with Crippen LogP contribution < -0.4 is 29.3 Å². The number of hydrogen-bond donors (Lipinski definition) is 0. The second kappa shape index (κ2) is 11.7. The molecule has 1 aliphatic heterocycles. The second-order valence-corrected chi connectivity index (χ2v) is 9.68. The number of aromatic nitrogens is 1. The van der Waals surface area contributed by atoms with Crippen molar-refractivity contribution >= 4 is 29.1 Å². The molecule has 1 unspecified atom stereocenters. The molecule has 4 rings (SSSR count). The fraction of sp³-hybridized carbons (Fsp3) is 0.345. The third kappa shape index (κ3) is 5.11. The summed E-state index contributed by atoms with van der Waals surface area (Å²) in [5, 5.41) is 0. The van der Waals surface area contributed by atoms with Gasteiger partial charge in [-0.1, -0.05) is 23.5 Å². The van der Waals surface area contributed by atoms with Crippen LogP contribution in [-0.2, 0) is 9.53 Å². The molecule has 9 heteroatoms. The molecule has 38 heavy (non-hydrogen) atoms. The Kier molecular flexibility index (Phi) is 8.36. The number of nitrogens with zero attached hydrogens (tertiary/aromatic N) is 3. The van der Waals surface area contributed by atoms with Gasteiger partial charge in [0.05, 0.1) is 36.6 Å². The number of fused-ring (bicyclic) bond motifs is 1. The lowest BCUT2D eigenvalue weighted by atomic mass is 9.94. The molecule has 0 amide bonds. The van der Waals surface area contributed by atoms with Gasteiger partial charge < -0.3 is 19.1 Å². The highest BCUT2D eigenvalue weighted by molar-refractivity contribution is 7.07. The second-order valence-electron chi connectivity index (χ2n) is 8.67. The van der Waals surface area contributed by atoms with Crippen LogP contribution in [0.3, 0.4) is 0 Å². The largest absolute Gasteiger partial charge is 0.497 e. The monoisotopic (exact) mass is 535 g/mol. The number of methoxy groups -OCH3 is 2. The molecule has 8 nitrogen and oxygen atoms in total. The Hall–Kier alpha value is -3.85. The summed E-state index contributed by atoms with van der Waals surface area (Å²) < 4.78 is 18.6. The first-order chi connectivity index (χ1) is 18.4. The highest BCUT2D eigenvalue weighted by Gasteiger charge is 2.35. The number of rotatable bonds is 9. The maximum atomic E-state index is 13.9. The van der Waals surface area contributed by atoms with Crippen molar-refractivity contribution in [3.05, 3.63) is 84.5 Å². The van der Waals surface area contributed by atoms with Crippen LogP contribution in [0.1, 0.15) is 44.9 Å². The first kappa shape index (κ1) is 27.2. The highest BCUT2D eigenvalue weighted by atomic mass is 32.1. The summed E-state index contributed by atoms with van der Waals surface area (Å²) in [5.74, 6) is 0.577. The lowest BCUT2D eigenvalue weighted by Crippen LogP contribution is -2.40. The van der Waals surface area contributed by atoms with Gasteiger partial charge in [0.15, 0.2) is 4.80 Å². The molecule has 1 aromatic heterocycles. The third-order valence-electron chi connectivity index (χ3n) is 6.57. The fourth-order valence-corrected chi connectivity index (χ4v) is 5.71. The summed E-state index contributed by atoms with van der Waals surface area (Å²) in [6, 6.07) is 12.7. The van der Waals surface area contributed by atoms with E-state index in [0.717, 1.165) is 24.3 Å². The van der Waals surface area contributed by atoms with Crippen LogP contribution in [-0.4, -0.2) is 44.5 Å². The zero-order valence-corrected chi connectivity index (χ0v) is 23.4. The van der Waals surface area contributed by atoms with Gasteiger partial charge in [0.2, 0.25) is 0 Å². The standard InChI is InChI=1S/C29H33N3O5S/c1-7-31(8-2)20-12-10-19(11-13-20)16-24-27(33)32-26(22-17-21(35-5)14-15-23(22)36-6)25(28(34)37-9-3)18(4)30-29(32)38-24/h10-17,26H,7-9H2,1-6H3. The van der Waals surface area contributed by atoms with Gasteiger partial charge in [0.1, 0.15) is 17.5 Å². The molecule has 0 N–H and O–H groups in total. The molecule has 3 aromatic rings. The Balaban J connectivity index is 1.92. The van der Waals surface area contributed by atoms with E-state index in [1.165, 1.54) is 11.3 Å². The van der Waals surface area contributed by atoms with Gasteiger partial charge in [0.25, 0.3) is 5.56 Å². The molecule has 0 bridgehead atoms. The smallest absolute Gasteiger partial charge is 0.338 e. The normalized spacial score (nSPS) is 15.1. The predicted octanol–water partition coefficient (Wildman–Crippen LogP) is 3.66. The molecule has 1 atom stereocenters. The van der Waals surface area contributed by atoms with Crippen molar-refractivity contribution in [3.63, 3.8) is 0 Å². The van der Waals surface area contributed by atoms with Gasteiger partial charge in [-0.2, -0.15) is 0 Å². The molecule has 0 fully saturated rings. The number of esters is 1. The van der Waals surface area contributed by atoms with Crippen molar-refractivity contribution < 1.29 is 19.0 Å². The number of allylic oxidation sites excluding steroid dienone is 1. The molecule has 0 saturated heterocycles. The minimum atomic E-state index is -0.789. The van der Waals surface area contributed by atoms with E-state index in [1.807, 2.05) is 18.2 Å². The molecular weight excluding hydrogens is 502 g/mol. The number of hydrogen-bond acceptors (Lipinski definition) is 8. The lowest BCUT2D eigenvalue weighted by molar-refractivity contribution is -0.139. The van der Waals surface area contributed by atoms with Gasteiger partial charge in [-0.3, -0.25) is 9.36 Å². The molecule has 0 saturated carbocycles. The number of carbonyl (C=O) groups excluding carboxylic acids is 1. The number of thiazole rings is 1. The molecule has 0 spiro atoms. The Morgan fingerprint density at radius 3 is 2.39 bits per heavy atom. The Morgan fingerprint density at radius 1 is 1.08 bits per heavy atom. The SMILES string of the molecule is CCOC(=O)C1=C(C)N=c2sc(=Cc3ccc(N(CC)CC)cc3)c(=O)n2C1c1cc(OC)ccc1OC. The summed E-state index contributed by atoms with van der Waals surface area (Å²) in [6.07, 6.45) is 1.86. The maximum Gasteiger partial charge on any atom is 0.338 e. The van der Waals surface area contributed by atoms with Gasteiger partial charge in [-0.25, -0.2) is 9.79 Å². The molecule has 1 aliphatic rings. The van der Waals surface area contributed by atoms with E-state index in [4.69, 9.17) is 14.2 Å². The molecule has 0 radical (unpaired) electrons. The van der Waals surface area contributed by atoms with E-state index in [-0.39, 0.29) is 12.2 Å². The van der Waals surface area contributed by atoms with Crippen LogP contribution in [0.2, 0.25) is 0 Å². The van der Waals surface area contributed by atoms with Crippen molar-refractivity contribution in [2.45, 2.75) is 33.7 Å². The number of ether oxygens (including phenoxy) is 3. The van der Waals surface area contributed by atoms with Crippen LogP contribution in [0.25, 0.3) is 6.08 Å². The van der Waals surface area contributed by atoms with E-state index in [2.05, 4.69) is 35.9 Å². The third-order valence-corrected chi connectivity index (χ3v) is 7.55. The van der Waals surface area contributed by atoms with Crippen molar-refractivity contribution in [1.82, 2.24) is 4.57 Å². The zero-order chi connectivity index (χ0) is 27.4. The highest BCUT2D eigenvalue weighted by Crippen LogP contribution is 2.37. The topological polar surface area (TPSA) is 82.4 Å². The van der Waals surface area contributed by atoms with Crippen LogP contribution in [0.4, 0.5) is 5.69 Å². The van der Waals surface area contributed by atoms with Gasteiger partial charge >= 0.3 is 5.97 Å². The van der Waals surface area contributed by atoms with E-state index in [9.17, 15) is 9.59 Å². The minimum absolute atomic E-state index is 0.200. The van der Waals surface area contributed by atoms with Gasteiger partial charge in [0, 0.05) is 24.3 Å². The van der Waals surface area contributed by atoms with Crippen molar-refractivity contribution in [2.75, 3.05) is 38.8 Å². The lowest BCUT2D eigenvalue weighted by Gasteiger charge is -2.26. The van der Waals surface area contributed by atoms with Crippen molar-refractivity contribution in [2.24, 2.45) is 4.99 Å². The van der Waals surface area contributed by atoms with Gasteiger partial charge in [-0.05, 0) is 69.7 Å². The minimum Gasteiger partial charge on any atom is -0.497 e. The van der Waals surface area contributed by atoms with Crippen LogP contribution in [0, 0.1) is 0 Å². The first-order valence-corrected chi connectivity index (χ1v) is 13.4. The summed E-state index contributed by atoms with van der Waals surface area (Å²) >= 11 is 1.29. The molecular formula is C29H33N3O5S. The van der Waals surface area contributed by atoms with Crippen molar-refractivity contribution in [1.29, 1.82) is 0 Å². The Morgan fingerprint density at radius 2 is 1.79 bits per heavy atom. The summed E-state index contributed by atoms with van der Waals surface area (Å²) in [5.41, 5.74) is 3.19. The summed E-state index contributed by atoms with van der Waals surface area (Å²) in [6.45, 7) is 9.79. The molecule has 2 aromatic carbocycles. The number of benzene rings is 2. The van der Waals surface area contributed by atoms with Gasteiger partial charge in [-0.15, -0.1) is 0 Å². The van der Waals surface area contributed by atoms with E-state index in [0.29, 0.717) is 37.7 Å². The average molecular weight is 536 g/mol. The molecule has 0 aliphatic carbocycles. The van der Waals surface area contributed by atoms with Crippen LogP contribution in [0.5, 0.6) is 11.5 Å². The fourth-order valence-electron chi connectivity index (χ4n) is 4.66. The number of carbonyl (C=O) groups is 1. The van der Waals surface area contributed by atoms with Crippen LogP contribution in [0.15, 0.2) is 63.5 Å². The average Bonchev–Trinajstić information content (AvgIpc) is 3.23. The summed E-state index contributed by atoms with van der Waals surface area (Å²) in [7, 11) is 3.12. The van der Waals surface area contributed by atoms with Crippen molar-refractivity contribution in [3.8, 4) is 11.5 Å². The van der Waals surface area contributed by atoms with Crippen LogP contribution >= 0.6 is 11.3 Å². The molecule has 200 valence electrons. The van der Waals surface area contributed by atoms with E-state index < -0.39 is 12.0 Å². The quantitative estimate of drug-likeness (QED) is 0.389. The first-order valence-electron chi connectivity index (χ1n) is 12.6. The predicted molar refractivity (Wildman–Crippen MR) is 150 cm³/mol. The van der Waals surface area contributed by atoms with E-state index >= 15 is 0 Å². The Labute approximate surface area is 226 Å². The Bertz CT molecular complexity index is 1530. The number of anilines is 1. The van der Waals surface area contributed by atoms with E-state index in [1.54, 1.807) is 50.8 Å². The molecule has 2 heterocycles. The maximum absolute atomic E-state index is 13.9. The summed E-state index contributed by atoms with van der Waals surface area (Å²) in [4.78, 5) is 34.5. The zero-order valence-electron chi connectivity index (χ0n) is 22.6.